The number of carboxylic acid groups (broad SMARTS) is 1. The van der Waals surface area contributed by atoms with Crippen LogP contribution in [0.3, 0.4) is 0 Å². The first kappa shape index (κ1) is 25.2. The number of aromatic nitrogens is 3. The van der Waals surface area contributed by atoms with Crippen molar-refractivity contribution in [2.45, 2.75) is 38.3 Å². The van der Waals surface area contributed by atoms with Crippen molar-refractivity contribution < 1.29 is 24.6 Å². The van der Waals surface area contributed by atoms with Crippen molar-refractivity contribution in [1.29, 1.82) is 0 Å². The smallest absolute Gasteiger partial charge is 0.290 e. The van der Waals surface area contributed by atoms with Crippen LogP contribution < -0.4 is 10.2 Å². The number of piperazine rings is 1. The third-order valence-electron chi connectivity index (χ3n) is 6.43. The van der Waals surface area contributed by atoms with E-state index >= 15 is 0 Å². The minimum absolute atomic E-state index is 0.122. The largest absolute Gasteiger partial charge is 0.483 e. The lowest BCUT2D eigenvalue weighted by Crippen LogP contribution is -2.53. The third-order valence-corrected chi connectivity index (χ3v) is 6.43. The number of amides is 2. The second kappa shape index (κ2) is 11.6. The Labute approximate surface area is 198 Å². The number of aryl methyl sites for hydroxylation is 2. The molecule has 1 aliphatic carbocycles. The maximum atomic E-state index is 13.2. The third kappa shape index (κ3) is 5.90. The van der Waals surface area contributed by atoms with E-state index in [2.05, 4.69) is 20.2 Å². The molecule has 3 N–H and O–H groups in total. The predicted octanol–water partition coefficient (Wildman–Crippen LogP) is 0.433. The Hall–Kier alpha value is -3.47. The fourth-order valence-corrected chi connectivity index (χ4v) is 4.64. The highest BCUT2D eigenvalue weighted by atomic mass is 16.3. The lowest BCUT2D eigenvalue weighted by Gasteiger charge is -2.40. The average Bonchev–Trinajstić information content (AvgIpc) is 3.19. The Morgan fingerprint density at radius 3 is 2.38 bits per heavy atom. The Kier molecular flexibility index (Phi) is 8.58. The second-order valence-corrected chi connectivity index (χ2v) is 8.57. The van der Waals surface area contributed by atoms with Crippen LogP contribution in [0.4, 0.5) is 5.69 Å². The van der Waals surface area contributed by atoms with Gasteiger partial charge in [-0.3, -0.25) is 19.4 Å². The van der Waals surface area contributed by atoms with Gasteiger partial charge >= 0.3 is 0 Å². The van der Waals surface area contributed by atoms with Crippen LogP contribution in [0.25, 0.3) is 0 Å². The fraction of sp³-hybridized carbons (Fsp3) is 0.522. The molecule has 2 amide bonds. The second-order valence-electron chi connectivity index (χ2n) is 8.57. The van der Waals surface area contributed by atoms with Gasteiger partial charge in [0.1, 0.15) is 5.69 Å². The summed E-state index contributed by atoms with van der Waals surface area (Å²) in [6, 6.07) is 3.52. The van der Waals surface area contributed by atoms with E-state index < -0.39 is 12.1 Å². The monoisotopic (exact) mass is 472 g/mol. The van der Waals surface area contributed by atoms with Crippen LogP contribution >= 0.6 is 0 Å². The van der Waals surface area contributed by atoms with Gasteiger partial charge in [0.25, 0.3) is 12.4 Å². The fourth-order valence-electron chi connectivity index (χ4n) is 4.64. The topological polar surface area (TPSA) is 141 Å². The van der Waals surface area contributed by atoms with Crippen LogP contribution in [-0.4, -0.2) is 86.3 Å². The molecular formula is C23H32N6O5. The Balaban J connectivity index is 0.00000103. The molecule has 2 aliphatic rings. The number of aliphatic hydroxyl groups excluding tert-OH is 1. The highest BCUT2D eigenvalue weighted by molar-refractivity contribution is 5.94. The van der Waals surface area contributed by atoms with E-state index in [0.717, 1.165) is 18.8 Å². The number of imidazole rings is 1. The standard InChI is InChI=1S/C22H30N6O3.CH2O2/c1-15-20(26(2)14-24-15)21(30)25-18-13-16(3-4-19(18)29)22(31)28-11-9-27(10-12-28)17-5-7-23-8-6-17;2-1-3/h5-8,14,16,18-19,29H,3-4,9-13H2,1-2H3,(H,25,30);1H,(H,2,3)/t16-,18+,19+;/m0./s1. The van der Waals surface area contributed by atoms with E-state index in [0.29, 0.717) is 43.7 Å². The van der Waals surface area contributed by atoms with Gasteiger partial charge in [-0.2, -0.15) is 0 Å². The van der Waals surface area contributed by atoms with Gasteiger partial charge in [-0.05, 0) is 38.3 Å². The molecule has 11 heteroatoms. The number of hydrogen-bond acceptors (Lipinski definition) is 7. The number of rotatable bonds is 4. The number of anilines is 1. The highest BCUT2D eigenvalue weighted by Gasteiger charge is 2.37. The number of aliphatic hydroxyl groups is 1. The molecule has 1 saturated heterocycles. The van der Waals surface area contributed by atoms with E-state index in [4.69, 9.17) is 9.90 Å². The Morgan fingerprint density at radius 2 is 1.79 bits per heavy atom. The van der Waals surface area contributed by atoms with Gasteiger partial charge in [0.2, 0.25) is 5.91 Å². The first-order valence-electron chi connectivity index (χ1n) is 11.3. The molecule has 2 fully saturated rings. The summed E-state index contributed by atoms with van der Waals surface area (Å²) in [5.41, 5.74) is 2.24. The van der Waals surface area contributed by atoms with Crippen LogP contribution in [0.2, 0.25) is 0 Å². The summed E-state index contributed by atoms with van der Waals surface area (Å²) in [6.45, 7) is 4.44. The molecule has 184 valence electrons. The number of hydrogen-bond donors (Lipinski definition) is 3. The van der Waals surface area contributed by atoms with E-state index in [1.165, 1.54) is 0 Å². The van der Waals surface area contributed by atoms with Crippen molar-refractivity contribution in [2.24, 2.45) is 13.0 Å². The summed E-state index contributed by atoms with van der Waals surface area (Å²) < 4.78 is 1.67. The molecule has 0 radical (unpaired) electrons. The van der Waals surface area contributed by atoms with Crippen molar-refractivity contribution in [3.05, 3.63) is 42.2 Å². The summed E-state index contributed by atoms with van der Waals surface area (Å²) in [7, 11) is 1.77. The number of carbonyl (C=O) groups is 3. The minimum Gasteiger partial charge on any atom is -0.483 e. The van der Waals surface area contributed by atoms with Crippen molar-refractivity contribution >= 4 is 24.0 Å². The number of pyridine rings is 1. The molecule has 2 aromatic rings. The molecule has 11 nitrogen and oxygen atoms in total. The zero-order valence-electron chi connectivity index (χ0n) is 19.5. The molecule has 3 heterocycles. The SMILES string of the molecule is Cc1ncn(C)c1C(=O)N[C@@H]1C[C@@H](C(=O)N2CCN(c3ccncc3)CC2)CC[C@H]1O.O=CO. The van der Waals surface area contributed by atoms with Crippen molar-refractivity contribution in [3.8, 4) is 0 Å². The average molecular weight is 473 g/mol. The molecule has 1 saturated carbocycles. The van der Waals surface area contributed by atoms with Gasteiger partial charge in [0, 0.05) is 57.2 Å². The van der Waals surface area contributed by atoms with Gasteiger partial charge in [0.15, 0.2) is 0 Å². The molecule has 4 rings (SSSR count). The Morgan fingerprint density at radius 1 is 1.15 bits per heavy atom. The maximum absolute atomic E-state index is 13.2. The van der Waals surface area contributed by atoms with Gasteiger partial charge < -0.3 is 29.9 Å². The molecule has 0 unspecified atom stereocenters. The zero-order chi connectivity index (χ0) is 24.7. The highest BCUT2D eigenvalue weighted by Crippen LogP contribution is 2.28. The predicted molar refractivity (Wildman–Crippen MR) is 124 cm³/mol. The van der Waals surface area contributed by atoms with Gasteiger partial charge in [-0.25, -0.2) is 4.98 Å². The van der Waals surface area contributed by atoms with Crippen LogP contribution in [0.5, 0.6) is 0 Å². The van der Waals surface area contributed by atoms with Crippen LogP contribution in [0.15, 0.2) is 30.9 Å². The van der Waals surface area contributed by atoms with E-state index in [1.807, 2.05) is 17.0 Å². The lowest BCUT2D eigenvalue weighted by atomic mass is 9.82. The van der Waals surface area contributed by atoms with E-state index in [9.17, 15) is 14.7 Å². The van der Waals surface area contributed by atoms with Gasteiger partial charge in [-0.1, -0.05) is 0 Å². The number of nitrogens with zero attached hydrogens (tertiary/aromatic N) is 5. The van der Waals surface area contributed by atoms with Crippen LogP contribution in [0.1, 0.15) is 35.4 Å². The molecule has 3 atom stereocenters. The summed E-state index contributed by atoms with van der Waals surface area (Å²) in [4.78, 5) is 46.6. The molecular weight excluding hydrogens is 440 g/mol. The van der Waals surface area contributed by atoms with Gasteiger partial charge in [0.05, 0.1) is 24.2 Å². The molecule has 0 aromatic carbocycles. The maximum Gasteiger partial charge on any atom is 0.290 e. The van der Waals surface area contributed by atoms with Gasteiger partial charge in [-0.15, -0.1) is 0 Å². The van der Waals surface area contributed by atoms with E-state index in [-0.39, 0.29) is 24.2 Å². The zero-order valence-corrected chi connectivity index (χ0v) is 19.5. The molecule has 1 aliphatic heterocycles. The summed E-state index contributed by atoms with van der Waals surface area (Å²) in [5.74, 6) is -0.327. The normalized spacial score (nSPS) is 22.4. The first-order chi connectivity index (χ1) is 16.3. The van der Waals surface area contributed by atoms with Crippen LogP contribution in [0, 0.1) is 12.8 Å². The summed E-state index contributed by atoms with van der Waals surface area (Å²) in [5, 5.41) is 20.3. The molecule has 2 aromatic heterocycles. The quantitative estimate of drug-likeness (QED) is 0.544. The Bertz CT molecular complexity index is 954. The molecule has 34 heavy (non-hydrogen) atoms. The van der Waals surface area contributed by atoms with Crippen molar-refractivity contribution in [1.82, 2.24) is 24.8 Å². The summed E-state index contributed by atoms with van der Waals surface area (Å²) >= 11 is 0. The molecule has 0 spiro atoms. The summed E-state index contributed by atoms with van der Waals surface area (Å²) in [6.07, 6.45) is 6.10. The van der Waals surface area contributed by atoms with Crippen LogP contribution in [-0.2, 0) is 16.6 Å². The first-order valence-corrected chi connectivity index (χ1v) is 11.3. The number of nitrogens with one attached hydrogen (secondary N) is 1. The van der Waals surface area contributed by atoms with Crippen molar-refractivity contribution in [2.75, 3.05) is 31.1 Å². The van der Waals surface area contributed by atoms with E-state index in [1.54, 1.807) is 37.3 Å². The minimum atomic E-state index is -0.648. The lowest BCUT2D eigenvalue weighted by molar-refractivity contribution is -0.138. The number of carbonyl (C=O) groups excluding carboxylic acids is 2. The van der Waals surface area contributed by atoms with Crippen molar-refractivity contribution in [3.63, 3.8) is 0 Å². The molecule has 0 bridgehead atoms.